The summed E-state index contributed by atoms with van der Waals surface area (Å²) in [5.41, 5.74) is 6.54. The Morgan fingerprint density at radius 1 is 1.47 bits per heavy atom. The average molecular weight is 331 g/mol. The molecule has 0 bridgehead atoms. The number of halogens is 2. The molecule has 0 aliphatic carbocycles. The molecule has 0 heterocycles. The lowest BCUT2D eigenvalue weighted by Gasteiger charge is -2.26. The summed E-state index contributed by atoms with van der Waals surface area (Å²) in [5.74, 6) is -0.447. The van der Waals surface area contributed by atoms with E-state index < -0.39 is 0 Å². The molecule has 1 aromatic carbocycles. The van der Waals surface area contributed by atoms with E-state index in [1.807, 2.05) is 20.8 Å². The Morgan fingerprint density at radius 3 is 2.68 bits per heavy atom. The zero-order chi connectivity index (χ0) is 14.6. The number of hydrogen-bond donors (Lipinski definition) is 2. The number of benzene rings is 1. The fourth-order valence-corrected chi connectivity index (χ4v) is 1.84. The van der Waals surface area contributed by atoms with E-state index in [0.29, 0.717) is 5.56 Å². The predicted octanol–water partition coefficient (Wildman–Crippen LogP) is 2.97. The smallest absolute Gasteiger partial charge is 0.221 e. The summed E-state index contributed by atoms with van der Waals surface area (Å²) in [6.07, 6.45) is 0.260. The molecular formula is C14H20BrFN2O. The van der Waals surface area contributed by atoms with Crippen LogP contribution in [0.4, 0.5) is 4.39 Å². The molecule has 0 aliphatic heterocycles. The summed E-state index contributed by atoms with van der Waals surface area (Å²) in [6, 6.07) is 4.18. The Bertz CT molecular complexity index is 457. The third-order valence-corrected chi connectivity index (χ3v) is 3.78. The van der Waals surface area contributed by atoms with Gasteiger partial charge in [-0.1, -0.05) is 36.7 Å². The molecule has 106 valence electrons. The van der Waals surface area contributed by atoms with E-state index in [1.54, 1.807) is 6.07 Å². The molecule has 0 fully saturated rings. The molecule has 0 aromatic heterocycles. The van der Waals surface area contributed by atoms with Crippen LogP contribution in [0, 0.1) is 11.2 Å². The third kappa shape index (κ3) is 5.28. The van der Waals surface area contributed by atoms with Crippen molar-refractivity contribution < 1.29 is 9.18 Å². The van der Waals surface area contributed by atoms with E-state index in [2.05, 4.69) is 21.2 Å². The summed E-state index contributed by atoms with van der Waals surface area (Å²) in [4.78, 5) is 11.8. The molecule has 0 spiro atoms. The average Bonchev–Trinajstić information content (AvgIpc) is 2.29. The second-order valence-corrected chi connectivity index (χ2v) is 6.54. The van der Waals surface area contributed by atoms with Crippen molar-refractivity contribution >= 4 is 21.8 Å². The number of carbonyl (C=O) groups is 1. The Balaban J connectivity index is 2.53. The van der Waals surface area contributed by atoms with Crippen LogP contribution in [0.15, 0.2) is 22.7 Å². The minimum atomic E-state index is -0.321. The zero-order valence-corrected chi connectivity index (χ0v) is 13.1. The van der Waals surface area contributed by atoms with Crippen LogP contribution in [0.25, 0.3) is 0 Å². The molecule has 19 heavy (non-hydrogen) atoms. The summed E-state index contributed by atoms with van der Waals surface area (Å²) in [7, 11) is 0. The van der Waals surface area contributed by atoms with Gasteiger partial charge in [0.2, 0.25) is 5.91 Å². The number of carbonyl (C=O) groups excluding carboxylic acids is 1. The largest absolute Gasteiger partial charge is 0.352 e. The molecule has 0 radical (unpaired) electrons. The van der Waals surface area contributed by atoms with Crippen LogP contribution in [-0.4, -0.2) is 11.9 Å². The van der Waals surface area contributed by atoms with E-state index in [9.17, 15) is 9.18 Å². The van der Waals surface area contributed by atoms with Crippen molar-refractivity contribution in [2.45, 2.75) is 39.8 Å². The highest BCUT2D eigenvalue weighted by Crippen LogP contribution is 2.20. The molecule has 1 rings (SSSR count). The first-order chi connectivity index (χ1) is 8.70. The fraction of sp³-hybridized carbons (Fsp3) is 0.500. The van der Waals surface area contributed by atoms with Crippen molar-refractivity contribution in [3.8, 4) is 0 Å². The molecular weight excluding hydrogens is 311 g/mol. The lowest BCUT2D eigenvalue weighted by Crippen LogP contribution is -2.40. The van der Waals surface area contributed by atoms with Crippen LogP contribution in [0.3, 0.4) is 0 Å². The molecule has 1 amide bonds. The van der Waals surface area contributed by atoms with Crippen LogP contribution >= 0.6 is 15.9 Å². The summed E-state index contributed by atoms with van der Waals surface area (Å²) in [6.45, 7) is 6.27. The van der Waals surface area contributed by atoms with E-state index in [4.69, 9.17) is 5.73 Å². The molecule has 1 aromatic rings. The monoisotopic (exact) mass is 330 g/mol. The lowest BCUT2D eigenvalue weighted by atomic mass is 9.85. The highest BCUT2D eigenvalue weighted by molar-refractivity contribution is 9.10. The fourth-order valence-electron chi connectivity index (χ4n) is 1.45. The second kappa shape index (κ2) is 6.48. The summed E-state index contributed by atoms with van der Waals surface area (Å²) >= 11 is 3.32. The highest BCUT2D eigenvalue weighted by Gasteiger charge is 2.23. The van der Waals surface area contributed by atoms with Gasteiger partial charge in [0.15, 0.2) is 0 Å². The van der Waals surface area contributed by atoms with Gasteiger partial charge in [-0.15, -0.1) is 0 Å². The Morgan fingerprint density at radius 2 is 2.11 bits per heavy atom. The zero-order valence-electron chi connectivity index (χ0n) is 11.5. The van der Waals surface area contributed by atoms with Crippen LogP contribution in [-0.2, 0) is 11.3 Å². The number of rotatable bonds is 4. The van der Waals surface area contributed by atoms with Gasteiger partial charge in [0.25, 0.3) is 0 Å². The first kappa shape index (κ1) is 16.1. The molecule has 1 unspecified atom stereocenters. The van der Waals surface area contributed by atoms with Gasteiger partial charge in [-0.3, -0.25) is 4.79 Å². The van der Waals surface area contributed by atoms with E-state index >= 15 is 0 Å². The Labute approximate surface area is 121 Å². The van der Waals surface area contributed by atoms with E-state index in [-0.39, 0.29) is 36.1 Å². The maximum Gasteiger partial charge on any atom is 0.221 e. The SMILES string of the molecule is CC(C)(C)C(N)CC(=O)NCc1cc(F)ccc1Br. The van der Waals surface area contributed by atoms with E-state index in [0.717, 1.165) is 4.47 Å². The summed E-state index contributed by atoms with van der Waals surface area (Å²) < 4.78 is 13.9. The normalized spacial score (nSPS) is 13.2. The maximum atomic E-state index is 13.1. The number of nitrogens with two attached hydrogens (primary N) is 1. The summed E-state index contributed by atoms with van der Waals surface area (Å²) in [5, 5.41) is 2.75. The molecule has 3 N–H and O–H groups in total. The Hall–Kier alpha value is -0.940. The minimum Gasteiger partial charge on any atom is -0.352 e. The quantitative estimate of drug-likeness (QED) is 0.891. The third-order valence-electron chi connectivity index (χ3n) is 3.00. The molecule has 3 nitrogen and oxygen atoms in total. The highest BCUT2D eigenvalue weighted by atomic mass is 79.9. The van der Waals surface area contributed by atoms with Crippen LogP contribution in [0.5, 0.6) is 0 Å². The van der Waals surface area contributed by atoms with Crippen molar-refractivity contribution in [3.63, 3.8) is 0 Å². The standard InChI is InChI=1S/C14H20BrFN2O/c1-14(2,3)12(17)7-13(19)18-8-9-6-10(16)4-5-11(9)15/h4-6,12H,7-8,17H2,1-3H3,(H,18,19). The van der Waals surface area contributed by atoms with E-state index in [1.165, 1.54) is 12.1 Å². The van der Waals surface area contributed by atoms with Gasteiger partial charge in [-0.25, -0.2) is 4.39 Å². The maximum absolute atomic E-state index is 13.1. The van der Waals surface area contributed by atoms with Gasteiger partial charge in [-0.2, -0.15) is 0 Å². The van der Waals surface area contributed by atoms with Gasteiger partial charge < -0.3 is 11.1 Å². The second-order valence-electron chi connectivity index (χ2n) is 5.69. The first-order valence-electron chi connectivity index (χ1n) is 6.16. The van der Waals surface area contributed by atoms with Gasteiger partial charge in [0.05, 0.1) is 0 Å². The molecule has 0 aliphatic rings. The van der Waals surface area contributed by atoms with Crippen molar-refractivity contribution in [2.24, 2.45) is 11.1 Å². The lowest BCUT2D eigenvalue weighted by molar-refractivity contribution is -0.122. The number of amides is 1. The van der Waals surface area contributed by atoms with Crippen LogP contribution in [0.2, 0.25) is 0 Å². The van der Waals surface area contributed by atoms with Gasteiger partial charge in [-0.05, 0) is 29.2 Å². The van der Waals surface area contributed by atoms with Crippen LogP contribution in [0.1, 0.15) is 32.8 Å². The van der Waals surface area contributed by atoms with Gasteiger partial charge in [0.1, 0.15) is 5.82 Å². The number of nitrogens with one attached hydrogen (secondary N) is 1. The topological polar surface area (TPSA) is 55.1 Å². The van der Waals surface area contributed by atoms with Crippen molar-refractivity contribution in [1.29, 1.82) is 0 Å². The molecule has 0 saturated carbocycles. The molecule has 0 saturated heterocycles. The Kier molecular flexibility index (Phi) is 5.50. The predicted molar refractivity (Wildman–Crippen MR) is 78.0 cm³/mol. The van der Waals surface area contributed by atoms with Gasteiger partial charge >= 0.3 is 0 Å². The first-order valence-corrected chi connectivity index (χ1v) is 6.95. The van der Waals surface area contributed by atoms with Crippen molar-refractivity contribution in [3.05, 3.63) is 34.1 Å². The van der Waals surface area contributed by atoms with Gasteiger partial charge in [0, 0.05) is 23.5 Å². The molecule has 1 atom stereocenters. The van der Waals surface area contributed by atoms with Crippen molar-refractivity contribution in [1.82, 2.24) is 5.32 Å². The molecule has 5 heteroatoms. The minimum absolute atomic E-state index is 0.114. The van der Waals surface area contributed by atoms with Crippen molar-refractivity contribution in [2.75, 3.05) is 0 Å². The van der Waals surface area contributed by atoms with Crippen LogP contribution < -0.4 is 11.1 Å². The number of hydrogen-bond acceptors (Lipinski definition) is 2.